The van der Waals surface area contributed by atoms with Crippen LogP contribution in [0.2, 0.25) is 0 Å². The fraction of sp³-hybridized carbons (Fsp3) is 0.534. The minimum Gasteiger partial charge on any atom is -0.309 e. The van der Waals surface area contributed by atoms with E-state index in [1.807, 2.05) is 59.2 Å². The van der Waals surface area contributed by atoms with E-state index in [-0.39, 0.29) is 22.4 Å². The third kappa shape index (κ3) is 19.9. The van der Waals surface area contributed by atoms with Crippen LogP contribution >= 0.6 is 64.3 Å². The molecule has 602 valence electrons. The summed E-state index contributed by atoms with van der Waals surface area (Å²) < 4.78 is 26.3. The second-order valence-corrected chi connectivity index (χ2v) is 41.3. The number of unbranched alkanes of at least 4 members (excludes halogenated alkanes) is 23. The van der Waals surface area contributed by atoms with Crippen molar-refractivity contribution in [3.63, 3.8) is 0 Å². The molecule has 112 heavy (non-hydrogen) atoms. The van der Waals surface area contributed by atoms with Gasteiger partial charge in [-0.2, -0.15) is 0 Å². The van der Waals surface area contributed by atoms with Gasteiger partial charge in [-0.05, 0) is 265 Å². The summed E-state index contributed by atoms with van der Waals surface area (Å²) >= 11 is 9.71. The molecule has 9 heteroatoms. The molecule has 0 radical (unpaired) electrons. The monoisotopic (exact) mass is 1610 g/mol. The highest BCUT2D eigenvalue weighted by molar-refractivity contribution is 7.53. The van der Waals surface area contributed by atoms with Crippen molar-refractivity contribution < 1.29 is 13.6 Å². The molecule has 0 saturated heterocycles. The van der Waals surface area contributed by atoms with Crippen LogP contribution in [0.1, 0.15) is 374 Å². The van der Waals surface area contributed by atoms with Crippen LogP contribution in [0.3, 0.4) is 0 Å². The van der Waals surface area contributed by atoms with Crippen molar-refractivity contribution in [3.8, 4) is 64.7 Å². The van der Waals surface area contributed by atoms with Crippen LogP contribution in [0.4, 0.5) is 0 Å². The molecule has 12 rings (SSSR count). The Morgan fingerprint density at radius 3 is 0.902 bits per heavy atom. The second kappa shape index (κ2) is 42.4. The molecule has 5 aromatic heterocycles. The van der Waals surface area contributed by atoms with Crippen LogP contribution < -0.4 is 0 Å². The van der Waals surface area contributed by atoms with Crippen molar-refractivity contribution in [2.75, 3.05) is 13.2 Å². The predicted molar refractivity (Wildman–Crippen MR) is 500 cm³/mol. The molecule has 0 N–H and O–H groups in total. The van der Waals surface area contributed by atoms with Crippen LogP contribution in [0.5, 0.6) is 0 Å². The first-order valence-corrected chi connectivity index (χ1v) is 51.1. The van der Waals surface area contributed by atoms with Crippen molar-refractivity contribution in [2.45, 2.75) is 342 Å². The lowest BCUT2D eigenvalue weighted by Crippen LogP contribution is -2.31. The SMILES string of the molecule is CCCCCCc1ccc(/C=C/c2ccc(-c3ccc4c(c3)C(CCCCC)(CCCCCC)c3c5c(c6c(c3-4)C(CCCCCC)(CCCCCC)c3cc(-c4ccc(/C=C/c7ccc(CCCCCC)s7)s4)ccc3-6)C(CCCCCC)(CCCCCC)c3cc(-c4ccc(CP(=O)(OCC)OCC)s4)ccc3-5)s2)s1. The highest BCUT2D eigenvalue weighted by Gasteiger charge is 2.58. The first-order valence-electron chi connectivity index (χ1n) is 45.3. The third-order valence-electron chi connectivity index (χ3n) is 25.4. The maximum Gasteiger partial charge on any atom is 0.335 e. The van der Waals surface area contributed by atoms with Crippen molar-refractivity contribution in [1.82, 2.24) is 0 Å². The van der Waals surface area contributed by atoms with Crippen molar-refractivity contribution in [2.24, 2.45) is 0 Å². The summed E-state index contributed by atoms with van der Waals surface area (Å²) in [4.78, 5) is 13.4. The van der Waals surface area contributed by atoms with E-state index in [4.69, 9.17) is 9.05 Å². The maximum absolute atomic E-state index is 14.3. The Balaban J connectivity index is 1.14. The van der Waals surface area contributed by atoms with Crippen LogP contribution in [0.25, 0.3) is 89.0 Å². The molecule has 0 spiro atoms. The quantitative estimate of drug-likeness (QED) is 0.0282. The molecular formula is C103H137O3PS5. The Morgan fingerprint density at radius 2 is 0.571 bits per heavy atom. The number of hydrogen-bond donors (Lipinski definition) is 0. The molecule has 0 saturated carbocycles. The summed E-state index contributed by atoms with van der Waals surface area (Å²) in [5.74, 6) is 0. The first-order chi connectivity index (χ1) is 54.9. The van der Waals surface area contributed by atoms with Crippen LogP contribution in [0.15, 0.2) is 115 Å². The van der Waals surface area contributed by atoms with Gasteiger partial charge in [-0.3, -0.25) is 4.57 Å². The topological polar surface area (TPSA) is 35.5 Å². The fourth-order valence-corrected chi connectivity index (χ4v) is 26.5. The van der Waals surface area contributed by atoms with Crippen molar-refractivity contribution in [1.29, 1.82) is 0 Å². The molecule has 0 aliphatic heterocycles. The molecule has 3 aliphatic carbocycles. The highest BCUT2D eigenvalue weighted by Crippen LogP contribution is 2.72. The van der Waals surface area contributed by atoms with Gasteiger partial charge in [-0.15, -0.1) is 56.7 Å². The van der Waals surface area contributed by atoms with Crippen LogP contribution in [0, 0.1) is 0 Å². The van der Waals surface area contributed by atoms with Crippen LogP contribution in [-0.4, -0.2) is 13.2 Å². The van der Waals surface area contributed by atoms with Gasteiger partial charge in [0.2, 0.25) is 0 Å². The summed E-state index contributed by atoms with van der Waals surface area (Å²) in [7, 11) is -3.33. The standard InChI is InChI=1S/C103H137O3PS5/c1-11-21-29-36-44-79-49-51-81(108-79)53-55-83-57-63-92(110-83)76-46-60-86-89(72-76)101(66-38-28-18-8,67-39-31-23-13-3)98-95(86)99-97(100-96(98)88-62-48-78(94-65-59-85(112-94)75-107(104,105-19-9)106-20-10)74-91(88)103(100,70-42-34-26-16-6)71-43-35-27-17-7)87-61-47-77(73-90(87)102(99,68-40-32-24-14-4)69-41-33-25-15-5)93-64-58-84(111-93)56-54-82-52-50-80(109-82)45-37-30-22-12-2/h46-65,72-74H,11-45,66-71,75H2,1-10H3/b55-53+,56-54+. The lowest BCUT2D eigenvalue weighted by atomic mass is 9.63. The zero-order chi connectivity index (χ0) is 78.3. The molecule has 1 unspecified atom stereocenters. The molecule has 4 aromatic carbocycles. The summed E-state index contributed by atoms with van der Waals surface area (Å²) in [6.45, 7) is 23.7. The maximum atomic E-state index is 14.3. The third-order valence-corrected chi connectivity index (χ3v) is 33.2. The number of rotatable bonds is 52. The molecule has 1 atom stereocenters. The largest absolute Gasteiger partial charge is 0.335 e. The van der Waals surface area contributed by atoms with Crippen molar-refractivity contribution in [3.05, 3.63) is 183 Å². The van der Waals surface area contributed by atoms with E-state index >= 15 is 0 Å². The Morgan fingerprint density at radius 1 is 0.295 bits per heavy atom. The molecule has 3 nitrogen and oxygen atoms in total. The minimum atomic E-state index is -3.33. The normalized spacial score (nSPS) is 15.2. The van der Waals surface area contributed by atoms with Gasteiger partial charge < -0.3 is 9.05 Å². The van der Waals surface area contributed by atoms with E-state index < -0.39 is 7.60 Å². The lowest BCUT2D eigenvalue weighted by molar-refractivity contribution is 0.219. The molecule has 9 aromatic rings. The van der Waals surface area contributed by atoms with Gasteiger partial charge in [0.15, 0.2) is 0 Å². The zero-order valence-corrected chi connectivity index (χ0v) is 75.7. The van der Waals surface area contributed by atoms with Gasteiger partial charge in [0.05, 0.1) is 19.4 Å². The van der Waals surface area contributed by atoms with E-state index in [0.29, 0.717) is 13.2 Å². The highest BCUT2D eigenvalue weighted by atomic mass is 32.1. The average Bonchev–Trinajstić information content (AvgIpc) is 1.48. The molecule has 0 fully saturated rings. The van der Waals surface area contributed by atoms with Gasteiger partial charge in [-0.1, -0.05) is 278 Å². The van der Waals surface area contributed by atoms with E-state index in [2.05, 4.69) is 195 Å². The lowest BCUT2D eigenvalue weighted by Gasteiger charge is -2.40. The fourth-order valence-electron chi connectivity index (χ4n) is 19.8. The Kier molecular flexibility index (Phi) is 32.7. The number of hydrogen-bond acceptors (Lipinski definition) is 8. The molecule has 0 amide bonds. The van der Waals surface area contributed by atoms with Gasteiger partial charge >= 0.3 is 7.60 Å². The average molecular weight is 1610 g/mol. The minimum absolute atomic E-state index is 0.217. The van der Waals surface area contributed by atoms with Gasteiger partial charge in [0, 0.05) is 65.0 Å². The van der Waals surface area contributed by atoms with Crippen LogP contribution in [-0.2, 0) is 48.9 Å². The van der Waals surface area contributed by atoms with E-state index in [9.17, 15) is 4.57 Å². The molecule has 5 heterocycles. The molecular weight excluding hydrogens is 1480 g/mol. The van der Waals surface area contributed by atoms with E-state index in [0.717, 1.165) is 43.4 Å². The summed E-state index contributed by atoms with van der Waals surface area (Å²) in [6.07, 6.45) is 57.9. The Hall–Kier alpha value is -4.99. The summed E-state index contributed by atoms with van der Waals surface area (Å²) in [5.41, 5.74) is 22.8. The Bertz CT molecular complexity index is 4520. The molecule has 3 aliphatic rings. The second-order valence-electron chi connectivity index (χ2n) is 33.5. The van der Waals surface area contributed by atoms with Gasteiger partial charge in [0.1, 0.15) is 0 Å². The van der Waals surface area contributed by atoms with E-state index in [1.54, 1.807) is 61.4 Å². The zero-order valence-electron chi connectivity index (χ0n) is 70.7. The number of fused-ring (bicyclic) bond motifs is 12. The van der Waals surface area contributed by atoms with Crippen molar-refractivity contribution >= 4 is 88.6 Å². The number of aryl methyl sites for hydroxylation is 2. The Labute approximate surface area is 699 Å². The first kappa shape index (κ1) is 86.4. The van der Waals surface area contributed by atoms with Gasteiger partial charge in [0.25, 0.3) is 0 Å². The van der Waals surface area contributed by atoms with Gasteiger partial charge in [-0.25, -0.2) is 0 Å². The van der Waals surface area contributed by atoms with E-state index in [1.165, 1.54) is 289 Å². The number of thiophene rings is 5. The number of benzene rings is 4. The summed E-state index contributed by atoms with van der Waals surface area (Å²) in [5, 5.41) is 0. The summed E-state index contributed by atoms with van der Waals surface area (Å²) in [6, 6.07) is 47.9. The molecule has 0 bridgehead atoms. The smallest absolute Gasteiger partial charge is 0.309 e. The predicted octanol–water partition coefficient (Wildman–Crippen LogP) is 35.6.